The highest BCUT2D eigenvalue weighted by Crippen LogP contribution is 2.14. The third-order valence-corrected chi connectivity index (χ3v) is 3.19. The Kier molecular flexibility index (Phi) is 9.57. The zero-order valence-electron chi connectivity index (χ0n) is 12.0. The lowest BCUT2D eigenvalue weighted by molar-refractivity contribution is -0.137. The quantitative estimate of drug-likeness (QED) is 0.599. The molecule has 1 unspecified atom stereocenters. The molecule has 2 N–H and O–H groups in total. The second-order valence-corrected chi connectivity index (χ2v) is 4.55. The molecular formula is C14H26N2O3. The van der Waals surface area contributed by atoms with Crippen LogP contribution in [0.5, 0.6) is 0 Å². The molecule has 0 rings (SSSR count). The third-order valence-electron chi connectivity index (χ3n) is 3.19. The highest BCUT2D eigenvalue weighted by Gasteiger charge is 2.12. The van der Waals surface area contributed by atoms with Crippen LogP contribution in [-0.4, -0.2) is 41.6 Å². The monoisotopic (exact) mass is 270 g/mol. The lowest BCUT2D eigenvalue weighted by Crippen LogP contribution is -2.40. The molecule has 0 aromatic heterocycles. The Morgan fingerprint density at radius 3 is 2.53 bits per heavy atom. The van der Waals surface area contributed by atoms with E-state index in [-0.39, 0.29) is 12.5 Å². The zero-order valence-corrected chi connectivity index (χ0v) is 12.0. The fourth-order valence-corrected chi connectivity index (χ4v) is 1.89. The highest BCUT2D eigenvalue weighted by atomic mass is 16.4. The SMILES string of the molecule is C=CCN(CC)C(=O)NCCC(CC)CCC(=O)O. The third kappa shape index (κ3) is 8.24. The number of carbonyl (C=O) groups excluding carboxylic acids is 1. The summed E-state index contributed by atoms with van der Waals surface area (Å²) in [6.45, 7) is 9.36. The molecule has 0 heterocycles. The van der Waals surface area contributed by atoms with Gasteiger partial charge in [-0.2, -0.15) is 0 Å². The molecule has 0 spiro atoms. The van der Waals surface area contributed by atoms with Gasteiger partial charge in [0.05, 0.1) is 0 Å². The number of nitrogens with one attached hydrogen (secondary N) is 1. The summed E-state index contributed by atoms with van der Waals surface area (Å²) in [5, 5.41) is 11.5. The average molecular weight is 270 g/mol. The summed E-state index contributed by atoms with van der Waals surface area (Å²) in [5.74, 6) is -0.406. The van der Waals surface area contributed by atoms with Gasteiger partial charge in [-0.3, -0.25) is 4.79 Å². The van der Waals surface area contributed by atoms with Crippen LogP contribution < -0.4 is 5.32 Å². The minimum absolute atomic E-state index is 0.0875. The van der Waals surface area contributed by atoms with Crippen LogP contribution in [0.2, 0.25) is 0 Å². The Bertz CT molecular complexity index is 292. The first kappa shape index (κ1) is 17.5. The topological polar surface area (TPSA) is 69.6 Å². The lowest BCUT2D eigenvalue weighted by atomic mass is 9.97. The molecule has 0 fully saturated rings. The first-order valence-electron chi connectivity index (χ1n) is 6.90. The minimum atomic E-state index is -0.759. The molecule has 2 amide bonds. The number of hydrogen-bond acceptors (Lipinski definition) is 2. The van der Waals surface area contributed by atoms with Gasteiger partial charge in [0.25, 0.3) is 0 Å². The highest BCUT2D eigenvalue weighted by molar-refractivity contribution is 5.74. The number of aliphatic carboxylic acids is 1. The van der Waals surface area contributed by atoms with E-state index in [4.69, 9.17) is 5.11 Å². The maximum absolute atomic E-state index is 11.8. The Morgan fingerprint density at radius 1 is 1.37 bits per heavy atom. The van der Waals surface area contributed by atoms with Crippen LogP contribution in [-0.2, 0) is 4.79 Å². The van der Waals surface area contributed by atoms with E-state index in [1.54, 1.807) is 11.0 Å². The van der Waals surface area contributed by atoms with Crippen molar-refractivity contribution in [1.29, 1.82) is 0 Å². The van der Waals surface area contributed by atoms with Crippen molar-refractivity contribution < 1.29 is 14.7 Å². The molecule has 0 aromatic rings. The molecule has 19 heavy (non-hydrogen) atoms. The van der Waals surface area contributed by atoms with E-state index in [1.807, 2.05) is 13.8 Å². The molecule has 1 atom stereocenters. The van der Waals surface area contributed by atoms with Gasteiger partial charge in [-0.15, -0.1) is 6.58 Å². The molecule has 0 aromatic carbocycles. The average Bonchev–Trinajstić information content (AvgIpc) is 2.39. The first-order chi connectivity index (χ1) is 9.04. The molecule has 0 aliphatic heterocycles. The number of amides is 2. The molecule has 5 heteroatoms. The van der Waals surface area contributed by atoms with E-state index >= 15 is 0 Å². The van der Waals surface area contributed by atoms with Gasteiger partial charge in [0, 0.05) is 26.1 Å². The van der Waals surface area contributed by atoms with Gasteiger partial charge in [-0.05, 0) is 25.7 Å². The smallest absolute Gasteiger partial charge is 0.317 e. The van der Waals surface area contributed by atoms with Crippen LogP contribution in [0.15, 0.2) is 12.7 Å². The molecule has 5 nitrogen and oxygen atoms in total. The number of hydrogen-bond donors (Lipinski definition) is 2. The molecule has 0 saturated carbocycles. The number of likely N-dealkylation sites (N-methyl/N-ethyl adjacent to an activating group) is 1. The van der Waals surface area contributed by atoms with E-state index in [0.717, 1.165) is 12.8 Å². The van der Waals surface area contributed by atoms with Gasteiger partial charge in [0.1, 0.15) is 0 Å². The maximum atomic E-state index is 11.8. The second-order valence-electron chi connectivity index (χ2n) is 4.55. The van der Waals surface area contributed by atoms with Crippen molar-refractivity contribution in [1.82, 2.24) is 10.2 Å². The summed E-state index contributed by atoms with van der Waals surface area (Å²) in [7, 11) is 0. The van der Waals surface area contributed by atoms with Gasteiger partial charge in [-0.25, -0.2) is 4.79 Å². The Balaban J connectivity index is 3.94. The standard InChI is InChI=1S/C14H26N2O3/c1-4-11-16(6-3)14(19)15-10-9-12(5-2)7-8-13(17)18/h4,12H,1,5-11H2,2-3H3,(H,15,19)(H,17,18). The molecule has 0 radical (unpaired) electrons. The van der Waals surface area contributed by atoms with Crippen molar-refractivity contribution in [2.45, 2.75) is 39.5 Å². The lowest BCUT2D eigenvalue weighted by Gasteiger charge is -2.20. The van der Waals surface area contributed by atoms with Crippen molar-refractivity contribution in [2.24, 2.45) is 5.92 Å². The predicted octanol–water partition coefficient (Wildman–Crippen LogP) is 2.49. The van der Waals surface area contributed by atoms with Gasteiger partial charge in [0.15, 0.2) is 0 Å². The van der Waals surface area contributed by atoms with Crippen LogP contribution in [0.25, 0.3) is 0 Å². The summed E-state index contributed by atoms with van der Waals surface area (Å²) in [6.07, 6.45) is 4.33. The Labute approximate surface area is 115 Å². The number of carbonyl (C=O) groups is 2. The van der Waals surface area contributed by atoms with Crippen LogP contribution in [0.1, 0.15) is 39.5 Å². The first-order valence-corrected chi connectivity index (χ1v) is 6.90. The van der Waals surface area contributed by atoms with Crippen molar-refractivity contribution in [3.8, 4) is 0 Å². The van der Waals surface area contributed by atoms with E-state index in [9.17, 15) is 9.59 Å². The maximum Gasteiger partial charge on any atom is 0.317 e. The zero-order chi connectivity index (χ0) is 14.7. The summed E-state index contributed by atoms with van der Waals surface area (Å²) < 4.78 is 0. The van der Waals surface area contributed by atoms with Crippen LogP contribution in [0, 0.1) is 5.92 Å². The van der Waals surface area contributed by atoms with Crippen LogP contribution in [0.3, 0.4) is 0 Å². The number of carboxylic acid groups (broad SMARTS) is 1. The van der Waals surface area contributed by atoms with Crippen molar-refractivity contribution in [3.05, 3.63) is 12.7 Å². The molecular weight excluding hydrogens is 244 g/mol. The fourth-order valence-electron chi connectivity index (χ4n) is 1.89. The minimum Gasteiger partial charge on any atom is -0.481 e. The van der Waals surface area contributed by atoms with E-state index < -0.39 is 5.97 Å². The number of nitrogens with zero attached hydrogens (tertiary/aromatic N) is 1. The van der Waals surface area contributed by atoms with Crippen molar-refractivity contribution >= 4 is 12.0 Å². The van der Waals surface area contributed by atoms with E-state index in [0.29, 0.717) is 32.0 Å². The normalized spacial score (nSPS) is 11.7. The Hall–Kier alpha value is -1.52. The molecule has 110 valence electrons. The summed E-state index contributed by atoms with van der Waals surface area (Å²) >= 11 is 0. The predicted molar refractivity (Wildman–Crippen MR) is 76.1 cm³/mol. The van der Waals surface area contributed by atoms with Crippen molar-refractivity contribution in [3.63, 3.8) is 0 Å². The fraction of sp³-hybridized carbons (Fsp3) is 0.714. The van der Waals surface area contributed by atoms with Gasteiger partial charge in [-0.1, -0.05) is 19.4 Å². The number of rotatable bonds is 10. The molecule has 0 aliphatic rings. The largest absolute Gasteiger partial charge is 0.481 e. The summed E-state index contributed by atoms with van der Waals surface area (Å²) in [4.78, 5) is 24.0. The molecule has 0 aliphatic carbocycles. The molecule has 0 bridgehead atoms. The van der Waals surface area contributed by atoms with Gasteiger partial charge >= 0.3 is 12.0 Å². The number of carboxylic acids is 1. The van der Waals surface area contributed by atoms with Gasteiger partial charge < -0.3 is 15.3 Å². The number of urea groups is 1. The summed E-state index contributed by atoms with van der Waals surface area (Å²) in [5.41, 5.74) is 0. The molecule has 0 saturated heterocycles. The van der Waals surface area contributed by atoms with Crippen molar-refractivity contribution in [2.75, 3.05) is 19.6 Å². The Morgan fingerprint density at radius 2 is 2.05 bits per heavy atom. The van der Waals surface area contributed by atoms with Gasteiger partial charge in [0.2, 0.25) is 0 Å². The second kappa shape index (κ2) is 10.4. The summed E-state index contributed by atoms with van der Waals surface area (Å²) in [6, 6.07) is -0.0875. The van der Waals surface area contributed by atoms with Crippen LogP contribution >= 0.6 is 0 Å². The van der Waals surface area contributed by atoms with E-state index in [1.165, 1.54) is 0 Å². The van der Waals surface area contributed by atoms with Crippen LogP contribution in [0.4, 0.5) is 4.79 Å². The van der Waals surface area contributed by atoms with E-state index in [2.05, 4.69) is 11.9 Å².